The van der Waals surface area contributed by atoms with Crippen LogP contribution in [0.25, 0.3) is 0 Å². The molecule has 0 saturated carbocycles. The number of carbonyl (C=O) groups is 1. The monoisotopic (exact) mass is 389 g/mol. The molecule has 28 heavy (non-hydrogen) atoms. The van der Waals surface area contributed by atoms with E-state index in [4.69, 9.17) is 0 Å². The highest BCUT2D eigenvalue weighted by molar-refractivity contribution is 5.77. The van der Waals surface area contributed by atoms with E-state index in [1.54, 1.807) is 0 Å². The molecular formula is C22H32FN3O2. The van der Waals surface area contributed by atoms with Gasteiger partial charge in [-0.05, 0) is 63.3 Å². The molecule has 1 amide bonds. The molecule has 3 saturated heterocycles. The second-order valence-electron chi connectivity index (χ2n) is 8.65. The normalized spacial score (nSPS) is 28.3. The minimum absolute atomic E-state index is 0.219. The zero-order valence-corrected chi connectivity index (χ0v) is 16.8. The van der Waals surface area contributed by atoms with Gasteiger partial charge in [0.05, 0.1) is 5.60 Å². The van der Waals surface area contributed by atoms with Gasteiger partial charge in [0.1, 0.15) is 5.82 Å². The predicted molar refractivity (Wildman–Crippen MR) is 108 cm³/mol. The molecule has 1 aromatic carbocycles. The Kier molecular flexibility index (Phi) is 5.61. The summed E-state index contributed by atoms with van der Waals surface area (Å²) in [7, 11) is 0. The average molecular weight is 390 g/mol. The Labute approximate surface area is 167 Å². The molecule has 0 spiro atoms. The Morgan fingerprint density at radius 1 is 1.11 bits per heavy atom. The highest BCUT2D eigenvalue weighted by Crippen LogP contribution is 2.34. The van der Waals surface area contributed by atoms with E-state index < -0.39 is 5.60 Å². The van der Waals surface area contributed by atoms with E-state index in [1.807, 2.05) is 12.1 Å². The van der Waals surface area contributed by atoms with Gasteiger partial charge in [0.2, 0.25) is 5.91 Å². The summed E-state index contributed by atoms with van der Waals surface area (Å²) in [6, 6.07) is 7.30. The van der Waals surface area contributed by atoms with E-state index in [2.05, 4.69) is 21.6 Å². The summed E-state index contributed by atoms with van der Waals surface area (Å²) in [6.45, 7) is 6.07. The van der Waals surface area contributed by atoms with E-state index in [-0.39, 0.29) is 5.82 Å². The third kappa shape index (κ3) is 3.90. The van der Waals surface area contributed by atoms with Crippen molar-refractivity contribution in [3.05, 3.63) is 30.1 Å². The van der Waals surface area contributed by atoms with Crippen LogP contribution < -0.4 is 4.90 Å². The third-order valence-electron chi connectivity index (χ3n) is 6.96. The first-order chi connectivity index (χ1) is 13.5. The van der Waals surface area contributed by atoms with Crippen LogP contribution in [0, 0.1) is 5.82 Å². The van der Waals surface area contributed by atoms with Crippen LogP contribution in [0.3, 0.4) is 0 Å². The van der Waals surface area contributed by atoms with Crippen LogP contribution in [-0.2, 0) is 4.79 Å². The summed E-state index contributed by atoms with van der Waals surface area (Å²) in [4.78, 5) is 19.1. The molecule has 3 heterocycles. The molecule has 154 valence electrons. The molecule has 0 aliphatic carbocycles. The first kappa shape index (κ1) is 19.6. The lowest BCUT2D eigenvalue weighted by atomic mass is 9.90. The lowest BCUT2D eigenvalue weighted by Gasteiger charge is -2.43. The number of fused-ring (bicyclic) bond motifs is 1. The minimum atomic E-state index is -0.682. The molecule has 0 radical (unpaired) electrons. The summed E-state index contributed by atoms with van der Waals surface area (Å²) in [5.74, 6) is 0.0759. The summed E-state index contributed by atoms with van der Waals surface area (Å²) in [6.07, 6.45) is 5.10. The lowest BCUT2D eigenvalue weighted by Crippen LogP contribution is -2.53. The average Bonchev–Trinajstić information content (AvgIpc) is 2.97. The second kappa shape index (κ2) is 7.99. The molecule has 4 rings (SSSR count). The van der Waals surface area contributed by atoms with Crippen molar-refractivity contribution < 1.29 is 14.3 Å². The van der Waals surface area contributed by atoms with Gasteiger partial charge in [0.15, 0.2) is 0 Å². The van der Waals surface area contributed by atoms with Crippen molar-refractivity contribution in [1.82, 2.24) is 9.80 Å². The molecule has 0 unspecified atom stereocenters. The zero-order valence-electron chi connectivity index (χ0n) is 16.8. The van der Waals surface area contributed by atoms with Gasteiger partial charge in [0, 0.05) is 56.9 Å². The number of rotatable bonds is 4. The summed E-state index contributed by atoms with van der Waals surface area (Å²) >= 11 is 0. The van der Waals surface area contributed by atoms with Crippen LogP contribution in [0.15, 0.2) is 24.3 Å². The maximum Gasteiger partial charge on any atom is 0.222 e. The molecule has 3 aliphatic rings. The molecule has 1 aromatic rings. The molecule has 6 heteroatoms. The molecule has 2 atom stereocenters. The number of hydrogen-bond donors (Lipinski definition) is 1. The van der Waals surface area contributed by atoms with Crippen LogP contribution in [0.4, 0.5) is 10.1 Å². The molecule has 3 fully saturated rings. The van der Waals surface area contributed by atoms with Crippen LogP contribution in [0.2, 0.25) is 0 Å². The number of anilines is 1. The standard InChI is InChI=1S/C22H32FN3O2/c1-2-26-20-10-13-25(19(20)4-3-5-21(26)27)16-22(28)11-14-24(15-12-22)18-8-6-17(23)7-9-18/h6-9,19-20,28H,2-5,10-16H2,1H3/t19-,20-/m0/s1. The number of piperidine rings is 1. The smallest absolute Gasteiger partial charge is 0.222 e. The summed E-state index contributed by atoms with van der Waals surface area (Å²) in [5, 5.41) is 11.3. The number of β-amino-alcohol motifs (C(OH)–C–C–N with tert-alkyl or cyclic N) is 1. The zero-order chi connectivity index (χ0) is 19.7. The van der Waals surface area contributed by atoms with Crippen molar-refractivity contribution in [2.45, 2.75) is 63.1 Å². The van der Waals surface area contributed by atoms with Crippen LogP contribution in [0.1, 0.15) is 45.4 Å². The predicted octanol–water partition coefficient (Wildman–Crippen LogP) is 2.63. The first-order valence-electron chi connectivity index (χ1n) is 10.8. The van der Waals surface area contributed by atoms with Gasteiger partial charge in [0.25, 0.3) is 0 Å². The number of nitrogens with zero attached hydrogens (tertiary/aromatic N) is 3. The number of carbonyl (C=O) groups excluding carboxylic acids is 1. The van der Waals surface area contributed by atoms with E-state index in [1.165, 1.54) is 12.1 Å². The number of benzene rings is 1. The Hall–Kier alpha value is -1.66. The third-order valence-corrected chi connectivity index (χ3v) is 6.96. The fourth-order valence-corrected chi connectivity index (χ4v) is 5.41. The minimum Gasteiger partial charge on any atom is -0.388 e. The van der Waals surface area contributed by atoms with Crippen molar-refractivity contribution in [3.8, 4) is 0 Å². The fourth-order valence-electron chi connectivity index (χ4n) is 5.41. The Morgan fingerprint density at radius 3 is 2.50 bits per heavy atom. The van der Waals surface area contributed by atoms with Crippen molar-refractivity contribution in [1.29, 1.82) is 0 Å². The SMILES string of the molecule is CCN1C(=O)CCC[C@H]2[C@@H]1CCN2CC1(O)CCN(c2ccc(F)cc2)CC1. The molecule has 1 N–H and O–H groups in total. The fraction of sp³-hybridized carbons (Fsp3) is 0.682. The Balaban J connectivity index is 1.38. The van der Waals surface area contributed by atoms with Gasteiger partial charge in [-0.3, -0.25) is 9.69 Å². The number of amides is 1. The quantitative estimate of drug-likeness (QED) is 0.860. The van der Waals surface area contributed by atoms with Crippen molar-refractivity contribution in [2.75, 3.05) is 37.6 Å². The number of likely N-dealkylation sites (N-methyl/N-ethyl adjacent to an activating group) is 1. The van der Waals surface area contributed by atoms with E-state index in [9.17, 15) is 14.3 Å². The summed E-state index contributed by atoms with van der Waals surface area (Å²) < 4.78 is 13.2. The van der Waals surface area contributed by atoms with Crippen LogP contribution in [0.5, 0.6) is 0 Å². The number of aliphatic hydroxyl groups is 1. The van der Waals surface area contributed by atoms with Gasteiger partial charge >= 0.3 is 0 Å². The van der Waals surface area contributed by atoms with Crippen molar-refractivity contribution in [3.63, 3.8) is 0 Å². The van der Waals surface area contributed by atoms with Gasteiger partial charge in [-0.15, -0.1) is 0 Å². The van der Waals surface area contributed by atoms with E-state index in [0.717, 1.165) is 51.1 Å². The van der Waals surface area contributed by atoms with E-state index >= 15 is 0 Å². The first-order valence-corrected chi connectivity index (χ1v) is 10.8. The van der Waals surface area contributed by atoms with Crippen LogP contribution in [-0.4, -0.2) is 71.2 Å². The lowest BCUT2D eigenvalue weighted by molar-refractivity contribution is -0.132. The van der Waals surface area contributed by atoms with Crippen molar-refractivity contribution >= 4 is 11.6 Å². The maximum absolute atomic E-state index is 13.2. The van der Waals surface area contributed by atoms with Crippen LogP contribution >= 0.6 is 0 Å². The molecular weight excluding hydrogens is 357 g/mol. The Morgan fingerprint density at radius 2 is 1.82 bits per heavy atom. The van der Waals surface area contributed by atoms with E-state index in [0.29, 0.717) is 43.8 Å². The molecule has 0 bridgehead atoms. The summed E-state index contributed by atoms with van der Waals surface area (Å²) in [5.41, 5.74) is 0.337. The number of hydrogen-bond acceptors (Lipinski definition) is 4. The number of likely N-dealkylation sites (tertiary alicyclic amines) is 2. The maximum atomic E-state index is 13.2. The van der Waals surface area contributed by atoms with Gasteiger partial charge in [-0.1, -0.05) is 0 Å². The largest absolute Gasteiger partial charge is 0.388 e. The van der Waals surface area contributed by atoms with Gasteiger partial charge in [-0.25, -0.2) is 4.39 Å². The molecule has 3 aliphatic heterocycles. The molecule has 5 nitrogen and oxygen atoms in total. The molecule has 0 aromatic heterocycles. The second-order valence-corrected chi connectivity index (χ2v) is 8.65. The highest BCUT2D eigenvalue weighted by atomic mass is 19.1. The number of halogens is 1. The van der Waals surface area contributed by atoms with Gasteiger partial charge in [-0.2, -0.15) is 0 Å². The van der Waals surface area contributed by atoms with Gasteiger partial charge < -0.3 is 14.9 Å². The Bertz CT molecular complexity index is 688. The highest BCUT2D eigenvalue weighted by Gasteiger charge is 2.44. The topological polar surface area (TPSA) is 47.0 Å². The van der Waals surface area contributed by atoms with Crippen molar-refractivity contribution in [2.24, 2.45) is 0 Å².